The van der Waals surface area contributed by atoms with Crippen molar-refractivity contribution < 1.29 is 24.5 Å². The van der Waals surface area contributed by atoms with Crippen LogP contribution in [-0.2, 0) is 14.3 Å². The van der Waals surface area contributed by atoms with Gasteiger partial charge in [-0.05, 0) is 57.8 Å². The second-order valence-corrected chi connectivity index (χ2v) is 22.8. The lowest BCUT2D eigenvalue weighted by molar-refractivity contribution is -0.143. The van der Waals surface area contributed by atoms with E-state index in [4.69, 9.17) is 4.74 Å². The lowest BCUT2D eigenvalue weighted by atomic mass is 10.0. The Hall–Kier alpha value is -1.66. The number of esters is 1. The minimum absolute atomic E-state index is 0.0000274. The van der Waals surface area contributed by atoms with Gasteiger partial charge in [0.1, 0.15) is 0 Å². The van der Waals surface area contributed by atoms with Crippen LogP contribution in [0.25, 0.3) is 0 Å². The van der Waals surface area contributed by atoms with E-state index in [-0.39, 0.29) is 18.5 Å². The highest BCUT2D eigenvalue weighted by atomic mass is 16.5. The van der Waals surface area contributed by atoms with Gasteiger partial charge in [0, 0.05) is 12.8 Å². The van der Waals surface area contributed by atoms with Crippen LogP contribution >= 0.6 is 0 Å². The molecule has 1 amide bonds. The molecule has 0 bridgehead atoms. The van der Waals surface area contributed by atoms with Crippen molar-refractivity contribution in [2.24, 2.45) is 0 Å². The summed E-state index contributed by atoms with van der Waals surface area (Å²) in [4.78, 5) is 24.6. The Kier molecular flexibility index (Phi) is 61.4. The van der Waals surface area contributed by atoms with E-state index in [2.05, 4.69) is 43.5 Å². The van der Waals surface area contributed by atoms with Gasteiger partial charge in [0.05, 0.1) is 25.4 Å². The average Bonchev–Trinajstić information content (AvgIpc) is 3.39. The van der Waals surface area contributed by atoms with Crippen molar-refractivity contribution in [1.29, 1.82) is 0 Å². The summed E-state index contributed by atoms with van der Waals surface area (Å²) in [5.41, 5.74) is 0. The van der Waals surface area contributed by atoms with Crippen LogP contribution in [0.15, 0.2) is 24.3 Å². The Morgan fingerprint density at radius 2 is 0.685 bits per heavy atom. The second-order valence-electron chi connectivity index (χ2n) is 22.8. The molecular formula is C67H129NO5. The fraction of sp³-hybridized carbons (Fsp3) is 0.910. The van der Waals surface area contributed by atoms with Crippen molar-refractivity contribution in [3.05, 3.63) is 24.3 Å². The number of carbonyl (C=O) groups is 2. The second kappa shape index (κ2) is 62.9. The topological polar surface area (TPSA) is 95.9 Å². The third-order valence-corrected chi connectivity index (χ3v) is 15.5. The summed E-state index contributed by atoms with van der Waals surface area (Å²) < 4.78 is 5.48. The van der Waals surface area contributed by atoms with Crippen molar-refractivity contribution in [2.75, 3.05) is 13.2 Å². The third-order valence-electron chi connectivity index (χ3n) is 15.5. The number of hydrogen-bond acceptors (Lipinski definition) is 5. The van der Waals surface area contributed by atoms with Gasteiger partial charge in [-0.2, -0.15) is 0 Å². The monoisotopic (exact) mass is 1030 g/mol. The largest absolute Gasteiger partial charge is 0.466 e. The molecule has 0 radical (unpaired) electrons. The summed E-state index contributed by atoms with van der Waals surface area (Å²) in [5.74, 6) is -0.0318. The lowest BCUT2D eigenvalue weighted by Crippen LogP contribution is -2.45. The summed E-state index contributed by atoms with van der Waals surface area (Å²) >= 11 is 0. The van der Waals surface area contributed by atoms with Gasteiger partial charge in [-0.1, -0.05) is 321 Å². The molecule has 432 valence electrons. The maximum absolute atomic E-state index is 12.5. The molecule has 2 unspecified atom stereocenters. The van der Waals surface area contributed by atoms with E-state index < -0.39 is 12.1 Å². The molecule has 0 aromatic carbocycles. The van der Waals surface area contributed by atoms with Crippen LogP contribution in [0.3, 0.4) is 0 Å². The van der Waals surface area contributed by atoms with Gasteiger partial charge in [0.25, 0.3) is 0 Å². The number of allylic oxidation sites excluding steroid dienone is 4. The van der Waals surface area contributed by atoms with Gasteiger partial charge in [-0.25, -0.2) is 0 Å². The Labute approximate surface area is 456 Å². The molecule has 0 heterocycles. The van der Waals surface area contributed by atoms with E-state index in [1.807, 2.05) is 0 Å². The van der Waals surface area contributed by atoms with Crippen molar-refractivity contribution in [3.8, 4) is 0 Å². The maximum atomic E-state index is 12.5. The lowest BCUT2D eigenvalue weighted by Gasteiger charge is -2.22. The quantitative estimate of drug-likeness (QED) is 0.0320. The van der Waals surface area contributed by atoms with Gasteiger partial charge in [-0.15, -0.1) is 0 Å². The molecule has 3 N–H and O–H groups in total. The van der Waals surface area contributed by atoms with Gasteiger partial charge in [0.15, 0.2) is 0 Å². The molecule has 6 nitrogen and oxygen atoms in total. The molecule has 0 saturated heterocycles. The minimum atomic E-state index is -0.665. The SMILES string of the molecule is CCCCC/C=C\C/C=C\CCCCCCCC(=O)OCCCCCCCCCCCCCCCCCCCCCCCCC(=O)NC(CO)C(O)CCCCCCCCCCCCCCCCCCCCC. The van der Waals surface area contributed by atoms with E-state index in [0.717, 1.165) is 51.4 Å². The zero-order valence-electron chi connectivity index (χ0n) is 49.4. The number of unbranched alkanes of at least 4 members (excludes halogenated alkanes) is 47. The highest BCUT2D eigenvalue weighted by molar-refractivity contribution is 5.76. The molecule has 0 aromatic rings. The van der Waals surface area contributed by atoms with Crippen LogP contribution in [0.5, 0.6) is 0 Å². The van der Waals surface area contributed by atoms with Crippen molar-refractivity contribution in [3.63, 3.8) is 0 Å². The Bertz CT molecular complexity index is 1140. The van der Waals surface area contributed by atoms with Gasteiger partial charge in [0.2, 0.25) is 5.91 Å². The maximum Gasteiger partial charge on any atom is 0.305 e. The molecule has 0 rings (SSSR count). The van der Waals surface area contributed by atoms with Crippen LogP contribution in [0, 0.1) is 0 Å². The van der Waals surface area contributed by atoms with Crippen LogP contribution in [0.2, 0.25) is 0 Å². The number of ether oxygens (including phenoxy) is 1. The zero-order valence-corrected chi connectivity index (χ0v) is 49.4. The Morgan fingerprint density at radius 1 is 0.384 bits per heavy atom. The summed E-state index contributed by atoms with van der Waals surface area (Å²) in [6.07, 6.45) is 77.7. The number of aliphatic hydroxyl groups excluding tert-OH is 2. The molecule has 6 heteroatoms. The van der Waals surface area contributed by atoms with E-state index in [9.17, 15) is 19.8 Å². The van der Waals surface area contributed by atoms with Crippen molar-refractivity contribution in [2.45, 2.75) is 379 Å². The summed E-state index contributed by atoms with van der Waals surface area (Å²) in [7, 11) is 0. The molecule has 0 aliphatic rings. The number of hydrogen-bond donors (Lipinski definition) is 3. The van der Waals surface area contributed by atoms with Crippen molar-refractivity contribution >= 4 is 11.9 Å². The van der Waals surface area contributed by atoms with Gasteiger partial charge in [-0.3, -0.25) is 9.59 Å². The number of nitrogens with one attached hydrogen (secondary N) is 1. The first-order valence-corrected chi connectivity index (χ1v) is 33.1. The highest BCUT2D eigenvalue weighted by Gasteiger charge is 2.20. The smallest absolute Gasteiger partial charge is 0.305 e. The number of rotatable bonds is 62. The van der Waals surface area contributed by atoms with E-state index >= 15 is 0 Å². The fourth-order valence-electron chi connectivity index (χ4n) is 10.4. The standard InChI is InChI=1S/C67H129NO5/c1-3-5-7-9-11-13-15-17-19-20-25-28-32-35-39-43-47-51-55-59-65(70)64(63-69)68-66(71)60-56-52-48-44-40-36-33-29-26-23-21-22-24-27-30-34-38-42-46-50-54-58-62-73-67(72)61-57-53-49-45-41-37-31-18-16-14-12-10-8-6-4-2/h12,14,18,31,64-65,69-70H,3-11,13,15-17,19-30,32-63H2,1-2H3,(H,68,71)/b14-12-,31-18-. The molecule has 0 aliphatic heterocycles. The molecule has 0 fully saturated rings. The Balaban J connectivity index is 3.38. The minimum Gasteiger partial charge on any atom is -0.466 e. The normalized spacial score (nSPS) is 12.7. The first-order chi connectivity index (χ1) is 36.0. The number of aliphatic hydroxyl groups is 2. The number of carbonyl (C=O) groups excluding carboxylic acids is 2. The van der Waals surface area contributed by atoms with Gasteiger partial charge >= 0.3 is 5.97 Å². The van der Waals surface area contributed by atoms with E-state index in [0.29, 0.717) is 25.9 Å². The van der Waals surface area contributed by atoms with Crippen LogP contribution in [0.1, 0.15) is 367 Å². The number of amides is 1. The van der Waals surface area contributed by atoms with Crippen molar-refractivity contribution in [1.82, 2.24) is 5.32 Å². The summed E-state index contributed by atoms with van der Waals surface area (Å²) in [5, 5.41) is 23.4. The zero-order chi connectivity index (χ0) is 52.9. The molecule has 0 aromatic heterocycles. The van der Waals surface area contributed by atoms with Crippen LogP contribution in [0.4, 0.5) is 0 Å². The molecule has 2 atom stereocenters. The molecule has 0 spiro atoms. The van der Waals surface area contributed by atoms with Crippen LogP contribution in [-0.4, -0.2) is 47.4 Å². The predicted molar refractivity (Wildman–Crippen MR) is 320 cm³/mol. The first-order valence-electron chi connectivity index (χ1n) is 33.1. The summed E-state index contributed by atoms with van der Waals surface area (Å²) in [6, 6.07) is -0.542. The summed E-state index contributed by atoms with van der Waals surface area (Å²) in [6.45, 7) is 4.95. The van der Waals surface area contributed by atoms with E-state index in [1.54, 1.807) is 0 Å². The van der Waals surface area contributed by atoms with E-state index in [1.165, 1.54) is 283 Å². The molecule has 73 heavy (non-hydrogen) atoms. The predicted octanol–water partition coefficient (Wildman–Crippen LogP) is 21.0. The molecule has 0 saturated carbocycles. The first kappa shape index (κ1) is 71.3. The molecule has 0 aliphatic carbocycles. The molecular weight excluding hydrogens is 899 g/mol. The fourth-order valence-corrected chi connectivity index (χ4v) is 10.4. The van der Waals surface area contributed by atoms with Crippen LogP contribution < -0.4 is 5.32 Å². The Morgan fingerprint density at radius 3 is 1.07 bits per heavy atom. The highest BCUT2D eigenvalue weighted by Crippen LogP contribution is 2.19. The third kappa shape index (κ3) is 59.4. The van der Waals surface area contributed by atoms with Gasteiger partial charge < -0.3 is 20.3 Å². The average molecular weight is 1030 g/mol.